The minimum atomic E-state index is -0.614. The van der Waals surface area contributed by atoms with Crippen molar-refractivity contribution in [2.45, 2.75) is 24.9 Å². The first-order valence-corrected chi connectivity index (χ1v) is 6.98. The normalized spacial score (nSPS) is 16.6. The average Bonchev–Trinajstić information content (AvgIpc) is 2.68. The standard InChI is InChI=1S/C16H15BrO/c17-15-7-5-12(6-8-15)9-16(18)10-13-3-1-2-4-14(13)11-16/h1-8,18H,9-11H2. The van der Waals surface area contributed by atoms with Crippen molar-refractivity contribution in [2.24, 2.45) is 0 Å². The molecular formula is C16H15BrO. The van der Waals surface area contributed by atoms with E-state index in [4.69, 9.17) is 0 Å². The number of hydrogen-bond acceptors (Lipinski definition) is 1. The van der Waals surface area contributed by atoms with Crippen molar-refractivity contribution < 1.29 is 5.11 Å². The second-order valence-electron chi connectivity index (χ2n) is 5.15. The monoisotopic (exact) mass is 302 g/mol. The van der Waals surface area contributed by atoms with Crippen LogP contribution in [0.15, 0.2) is 53.0 Å². The maximum Gasteiger partial charge on any atom is 0.0768 e. The van der Waals surface area contributed by atoms with E-state index in [0.29, 0.717) is 0 Å². The SMILES string of the molecule is OC1(Cc2ccc(Br)cc2)Cc2ccccc2C1. The highest BCUT2D eigenvalue weighted by Crippen LogP contribution is 2.32. The van der Waals surface area contributed by atoms with Crippen LogP contribution in [0.2, 0.25) is 0 Å². The summed E-state index contributed by atoms with van der Waals surface area (Å²) < 4.78 is 1.08. The van der Waals surface area contributed by atoms with Crippen molar-refractivity contribution >= 4 is 15.9 Å². The van der Waals surface area contributed by atoms with E-state index < -0.39 is 5.60 Å². The number of benzene rings is 2. The molecule has 1 aliphatic carbocycles. The van der Waals surface area contributed by atoms with Gasteiger partial charge >= 0.3 is 0 Å². The highest BCUT2D eigenvalue weighted by molar-refractivity contribution is 9.10. The van der Waals surface area contributed by atoms with E-state index in [2.05, 4.69) is 40.2 Å². The van der Waals surface area contributed by atoms with Gasteiger partial charge in [-0.05, 0) is 28.8 Å². The second kappa shape index (κ2) is 4.52. The summed E-state index contributed by atoms with van der Waals surface area (Å²) in [7, 11) is 0. The van der Waals surface area contributed by atoms with Gasteiger partial charge in [0.1, 0.15) is 0 Å². The van der Waals surface area contributed by atoms with Crippen LogP contribution >= 0.6 is 15.9 Å². The zero-order valence-electron chi connectivity index (χ0n) is 10.1. The number of aliphatic hydroxyl groups is 1. The third-order valence-corrected chi connectivity index (χ3v) is 4.13. The lowest BCUT2D eigenvalue weighted by Gasteiger charge is -2.22. The van der Waals surface area contributed by atoms with Crippen LogP contribution in [-0.2, 0) is 19.3 Å². The van der Waals surface area contributed by atoms with Gasteiger partial charge in [-0.2, -0.15) is 0 Å². The van der Waals surface area contributed by atoms with Gasteiger partial charge in [-0.25, -0.2) is 0 Å². The molecule has 1 N–H and O–H groups in total. The molecule has 0 heterocycles. The Labute approximate surface area is 116 Å². The van der Waals surface area contributed by atoms with Gasteiger partial charge in [-0.3, -0.25) is 0 Å². The van der Waals surface area contributed by atoms with Gasteiger partial charge in [0.2, 0.25) is 0 Å². The Balaban J connectivity index is 1.80. The molecule has 1 aliphatic rings. The highest BCUT2D eigenvalue weighted by atomic mass is 79.9. The Kier molecular flexibility index (Phi) is 3.00. The van der Waals surface area contributed by atoms with E-state index in [9.17, 15) is 5.11 Å². The molecule has 0 spiro atoms. The van der Waals surface area contributed by atoms with Crippen molar-refractivity contribution in [3.8, 4) is 0 Å². The molecule has 0 bridgehead atoms. The van der Waals surface area contributed by atoms with Gasteiger partial charge in [0.15, 0.2) is 0 Å². The van der Waals surface area contributed by atoms with E-state index in [1.165, 1.54) is 16.7 Å². The van der Waals surface area contributed by atoms with Crippen molar-refractivity contribution in [3.05, 3.63) is 69.7 Å². The minimum absolute atomic E-state index is 0.614. The van der Waals surface area contributed by atoms with Crippen LogP contribution in [0, 0.1) is 0 Å². The Morgan fingerprint density at radius 3 is 2.06 bits per heavy atom. The van der Waals surface area contributed by atoms with Gasteiger partial charge in [-0.15, -0.1) is 0 Å². The summed E-state index contributed by atoms with van der Waals surface area (Å²) in [5.74, 6) is 0. The zero-order chi connectivity index (χ0) is 12.6. The third-order valence-electron chi connectivity index (χ3n) is 3.60. The van der Waals surface area contributed by atoms with Crippen LogP contribution in [0.3, 0.4) is 0 Å². The van der Waals surface area contributed by atoms with E-state index >= 15 is 0 Å². The Bertz CT molecular complexity index is 535. The fraction of sp³-hybridized carbons (Fsp3) is 0.250. The first-order valence-electron chi connectivity index (χ1n) is 6.18. The lowest BCUT2D eigenvalue weighted by atomic mass is 9.92. The predicted molar refractivity (Wildman–Crippen MR) is 76.6 cm³/mol. The Hall–Kier alpha value is -1.12. The average molecular weight is 303 g/mol. The maximum absolute atomic E-state index is 10.7. The van der Waals surface area contributed by atoms with Crippen molar-refractivity contribution in [1.29, 1.82) is 0 Å². The largest absolute Gasteiger partial charge is 0.389 e. The molecule has 92 valence electrons. The molecule has 2 aromatic rings. The Morgan fingerprint density at radius 1 is 0.944 bits per heavy atom. The molecule has 18 heavy (non-hydrogen) atoms. The molecule has 0 aromatic heterocycles. The molecule has 0 fully saturated rings. The molecule has 0 amide bonds. The molecule has 1 nitrogen and oxygen atoms in total. The van der Waals surface area contributed by atoms with Crippen molar-refractivity contribution in [2.75, 3.05) is 0 Å². The van der Waals surface area contributed by atoms with E-state index in [1.807, 2.05) is 24.3 Å². The molecular weight excluding hydrogens is 288 g/mol. The first-order chi connectivity index (χ1) is 8.65. The lowest BCUT2D eigenvalue weighted by molar-refractivity contribution is 0.0518. The summed E-state index contributed by atoms with van der Waals surface area (Å²) in [6, 6.07) is 16.5. The summed E-state index contributed by atoms with van der Waals surface area (Å²) >= 11 is 3.43. The quantitative estimate of drug-likeness (QED) is 0.900. The molecule has 0 saturated heterocycles. The molecule has 0 unspecified atom stereocenters. The van der Waals surface area contributed by atoms with Crippen LogP contribution in [-0.4, -0.2) is 10.7 Å². The fourth-order valence-corrected chi connectivity index (χ4v) is 3.05. The van der Waals surface area contributed by atoms with Crippen LogP contribution < -0.4 is 0 Å². The number of rotatable bonds is 2. The smallest absolute Gasteiger partial charge is 0.0768 e. The molecule has 0 saturated carbocycles. The van der Waals surface area contributed by atoms with Crippen molar-refractivity contribution in [3.63, 3.8) is 0 Å². The first kappa shape index (κ1) is 11.9. The molecule has 2 heteroatoms. The molecule has 0 aliphatic heterocycles. The van der Waals surface area contributed by atoms with E-state index in [0.717, 1.165) is 23.7 Å². The second-order valence-corrected chi connectivity index (χ2v) is 6.07. The van der Waals surface area contributed by atoms with E-state index in [-0.39, 0.29) is 0 Å². The zero-order valence-corrected chi connectivity index (χ0v) is 11.7. The third kappa shape index (κ3) is 2.36. The summed E-state index contributed by atoms with van der Waals surface area (Å²) in [4.78, 5) is 0. The van der Waals surface area contributed by atoms with E-state index in [1.54, 1.807) is 0 Å². The number of fused-ring (bicyclic) bond motifs is 1. The summed E-state index contributed by atoms with van der Waals surface area (Å²) in [6.07, 6.45) is 2.24. The fourth-order valence-electron chi connectivity index (χ4n) is 2.78. The predicted octanol–water partition coefficient (Wildman–Crippen LogP) is 3.52. The van der Waals surface area contributed by atoms with Gasteiger partial charge in [0.05, 0.1) is 5.60 Å². The van der Waals surface area contributed by atoms with Gasteiger partial charge in [0, 0.05) is 23.7 Å². The van der Waals surface area contributed by atoms with Gasteiger partial charge in [-0.1, -0.05) is 52.3 Å². The minimum Gasteiger partial charge on any atom is -0.389 e. The summed E-state index contributed by atoms with van der Waals surface area (Å²) in [5, 5.41) is 10.7. The molecule has 2 aromatic carbocycles. The molecule has 0 radical (unpaired) electrons. The summed E-state index contributed by atoms with van der Waals surface area (Å²) in [6.45, 7) is 0. The maximum atomic E-state index is 10.7. The number of hydrogen-bond donors (Lipinski definition) is 1. The number of halogens is 1. The van der Waals surface area contributed by atoms with Crippen molar-refractivity contribution in [1.82, 2.24) is 0 Å². The Morgan fingerprint density at radius 2 is 1.50 bits per heavy atom. The molecule has 0 atom stereocenters. The lowest BCUT2D eigenvalue weighted by Crippen LogP contribution is -2.32. The van der Waals surface area contributed by atoms with Crippen LogP contribution in [0.1, 0.15) is 16.7 Å². The topological polar surface area (TPSA) is 20.2 Å². The summed E-state index contributed by atoms with van der Waals surface area (Å²) in [5.41, 5.74) is 3.15. The van der Waals surface area contributed by atoms with Gasteiger partial charge < -0.3 is 5.11 Å². The van der Waals surface area contributed by atoms with Crippen LogP contribution in [0.4, 0.5) is 0 Å². The molecule has 3 rings (SSSR count). The van der Waals surface area contributed by atoms with Crippen LogP contribution in [0.25, 0.3) is 0 Å². The highest BCUT2D eigenvalue weighted by Gasteiger charge is 2.34. The van der Waals surface area contributed by atoms with Crippen LogP contribution in [0.5, 0.6) is 0 Å². The van der Waals surface area contributed by atoms with Gasteiger partial charge in [0.25, 0.3) is 0 Å².